The van der Waals surface area contributed by atoms with Gasteiger partial charge in [0.25, 0.3) is 5.91 Å². The average molecular weight is 344 g/mol. The molecule has 0 rings (SSSR count). The van der Waals surface area contributed by atoms with Crippen molar-refractivity contribution in [3.63, 3.8) is 0 Å². The second-order valence-corrected chi connectivity index (χ2v) is 5.86. The number of hydrogen-bond acceptors (Lipinski definition) is 4. The van der Waals surface area contributed by atoms with Gasteiger partial charge in [0.15, 0.2) is 0 Å². The van der Waals surface area contributed by atoms with Gasteiger partial charge in [-0.1, -0.05) is 11.8 Å². The second kappa shape index (κ2) is 7.86. The van der Waals surface area contributed by atoms with Gasteiger partial charge in [0.05, 0.1) is 5.25 Å². The summed E-state index contributed by atoms with van der Waals surface area (Å²) in [4.78, 5) is 21.6. The fourth-order valence-corrected chi connectivity index (χ4v) is 2.26. The van der Waals surface area contributed by atoms with Gasteiger partial charge >= 0.3 is 17.6 Å². The van der Waals surface area contributed by atoms with Crippen LogP contribution in [0.1, 0.15) is 6.92 Å². The third-order valence-electron chi connectivity index (χ3n) is 1.64. The van der Waals surface area contributed by atoms with E-state index in [4.69, 9.17) is 0 Å². The molecule has 0 aromatic rings. The topological polar surface area (TPSA) is 58.2 Å². The number of nitrogens with one attached hydrogen (secondary N) is 2. The zero-order valence-corrected chi connectivity index (χ0v) is 11.5. The Morgan fingerprint density at radius 3 is 2.05 bits per heavy atom. The molecule has 0 aliphatic heterocycles. The summed E-state index contributed by atoms with van der Waals surface area (Å²) in [5, 5.41) is -0.905. The zero-order valence-electron chi connectivity index (χ0n) is 9.89. The van der Waals surface area contributed by atoms with Crippen molar-refractivity contribution >= 4 is 35.3 Å². The van der Waals surface area contributed by atoms with E-state index in [2.05, 4.69) is 0 Å². The number of hydrogen-bond donors (Lipinski definition) is 2. The van der Waals surface area contributed by atoms with Gasteiger partial charge in [-0.05, 0) is 6.92 Å². The molecule has 0 aromatic heterocycles. The monoisotopic (exact) mass is 344 g/mol. The molecular weight excluding hydrogens is 334 g/mol. The van der Waals surface area contributed by atoms with Crippen LogP contribution >= 0.6 is 23.5 Å². The van der Waals surface area contributed by atoms with E-state index in [0.717, 1.165) is 17.2 Å². The molecule has 0 spiro atoms. The highest BCUT2D eigenvalue weighted by atomic mass is 32.2. The summed E-state index contributed by atoms with van der Waals surface area (Å²) < 4.78 is 70.7. The molecule has 2 amide bonds. The molecule has 0 aliphatic rings. The van der Waals surface area contributed by atoms with E-state index >= 15 is 0 Å². The first-order valence-corrected chi connectivity index (χ1v) is 6.96. The van der Waals surface area contributed by atoms with Gasteiger partial charge in [0.2, 0.25) is 0 Å². The van der Waals surface area contributed by atoms with Crippen LogP contribution in [0.3, 0.4) is 0 Å². The lowest BCUT2D eigenvalue weighted by Crippen LogP contribution is -2.49. The second-order valence-electron chi connectivity index (χ2n) is 3.25. The molecule has 1 atom stereocenters. The maximum atomic E-state index is 11.8. The predicted molar refractivity (Wildman–Crippen MR) is 62.8 cm³/mol. The molecule has 0 saturated carbocycles. The fourth-order valence-electron chi connectivity index (χ4n) is 0.749. The molecule has 118 valence electrons. The Labute approximate surface area is 118 Å². The maximum Gasteiger partial charge on any atom is 0.472 e. The van der Waals surface area contributed by atoms with Crippen LogP contribution in [-0.2, 0) is 9.59 Å². The number of thioether (sulfide) groups is 2. The Balaban J connectivity index is 3.91. The van der Waals surface area contributed by atoms with Crippen molar-refractivity contribution in [2.75, 3.05) is 11.5 Å². The Morgan fingerprint density at radius 2 is 1.60 bits per heavy atom. The Kier molecular flexibility index (Phi) is 7.55. The van der Waals surface area contributed by atoms with Crippen LogP contribution in [0.4, 0.5) is 26.3 Å². The van der Waals surface area contributed by atoms with Crippen LogP contribution in [0.25, 0.3) is 0 Å². The quantitative estimate of drug-likeness (QED) is 0.455. The van der Waals surface area contributed by atoms with Gasteiger partial charge in [-0.3, -0.25) is 20.4 Å². The van der Waals surface area contributed by atoms with Gasteiger partial charge in [-0.25, -0.2) is 0 Å². The van der Waals surface area contributed by atoms with Crippen molar-refractivity contribution < 1.29 is 35.9 Å². The number of carbonyl (C=O) groups is 2. The molecule has 0 heterocycles. The molecule has 0 fully saturated rings. The van der Waals surface area contributed by atoms with Gasteiger partial charge < -0.3 is 0 Å². The molecule has 0 bridgehead atoms. The molecule has 4 nitrogen and oxygen atoms in total. The van der Waals surface area contributed by atoms with Crippen molar-refractivity contribution in [1.82, 2.24) is 10.9 Å². The minimum Gasteiger partial charge on any atom is -0.272 e. The molecule has 0 saturated heterocycles. The standard InChI is InChI=1S/C8H10F6N2O2S2/c1-4(19-2-3-20-8(12,13)14)5(17)15-16-6(18)7(9,10)11/h4H,2-3H2,1H3,(H,15,17)(H,16,18). The third-order valence-corrected chi connectivity index (χ3v) is 3.79. The van der Waals surface area contributed by atoms with Crippen LogP contribution in [0, 0.1) is 0 Å². The van der Waals surface area contributed by atoms with E-state index in [0.29, 0.717) is 0 Å². The molecule has 0 radical (unpaired) electrons. The van der Waals surface area contributed by atoms with Gasteiger partial charge in [0.1, 0.15) is 0 Å². The number of rotatable bonds is 5. The number of halogens is 6. The van der Waals surface area contributed by atoms with Gasteiger partial charge in [0, 0.05) is 11.5 Å². The average Bonchev–Trinajstić information content (AvgIpc) is 2.28. The lowest BCUT2D eigenvalue weighted by atomic mass is 10.4. The van der Waals surface area contributed by atoms with Crippen LogP contribution in [0.2, 0.25) is 0 Å². The first-order valence-electron chi connectivity index (χ1n) is 4.93. The van der Waals surface area contributed by atoms with E-state index in [-0.39, 0.29) is 23.3 Å². The van der Waals surface area contributed by atoms with Gasteiger partial charge in [-0.2, -0.15) is 26.3 Å². The highest BCUT2D eigenvalue weighted by Crippen LogP contribution is 2.30. The Hall–Kier alpha value is -0.780. The van der Waals surface area contributed by atoms with Crippen molar-refractivity contribution in [2.45, 2.75) is 23.9 Å². The normalized spacial score (nSPS) is 13.8. The lowest BCUT2D eigenvalue weighted by Gasteiger charge is -2.13. The SMILES string of the molecule is CC(SCCSC(F)(F)F)C(=O)NNC(=O)C(F)(F)F. The lowest BCUT2D eigenvalue weighted by molar-refractivity contribution is -0.175. The van der Waals surface area contributed by atoms with Crippen LogP contribution in [0.5, 0.6) is 0 Å². The summed E-state index contributed by atoms with van der Waals surface area (Å²) in [6.45, 7) is 1.29. The summed E-state index contributed by atoms with van der Waals surface area (Å²) in [5.41, 5.74) is -1.67. The molecule has 20 heavy (non-hydrogen) atoms. The minimum atomic E-state index is -5.13. The smallest absolute Gasteiger partial charge is 0.272 e. The van der Waals surface area contributed by atoms with Crippen LogP contribution in [-0.4, -0.2) is 40.3 Å². The molecular formula is C8H10F6N2O2S2. The van der Waals surface area contributed by atoms with Gasteiger partial charge in [-0.15, -0.1) is 11.8 Å². The summed E-state index contributed by atoms with van der Waals surface area (Å²) in [6, 6.07) is 0. The Bertz CT molecular complexity index is 347. The summed E-state index contributed by atoms with van der Waals surface area (Å²) >= 11 is 0.557. The highest BCUT2D eigenvalue weighted by molar-refractivity contribution is 8.03. The molecule has 0 aliphatic carbocycles. The largest absolute Gasteiger partial charge is 0.472 e. The summed E-state index contributed by atoms with van der Waals surface area (Å²) in [6.07, 6.45) is -5.13. The Morgan fingerprint density at radius 1 is 1.05 bits per heavy atom. The molecule has 1 unspecified atom stereocenters. The summed E-state index contributed by atoms with van der Waals surface area (Å²) in [5.74, 6) is -3.59. The van der Waals surface area contributed by atoms with Crippen LogP contribution < -0.4 is 10.9 Å². The predicted octanol–water partition coefficient (Wildman–Crippen LogP) is 2.07. The van der Waals surface area contributed by atoms with Crippen LogP contribution in [0.15, 0.2) is 0 Å². The number of hydrazine groups is 1. The van der Waals surface area contributed by atoms with Crippen molar-refractivity contribution in [3.05, 3.63) is 0 Å². The highest BCUT2D eigenvalue weighted by Gasteiger charge is 2.39. The molecule has 12 heteroatoms. The van der Waals surface area contributed by atoms with E-state index in [9.17, 15) is 35.9 Å². The minimum absolute atomic E-state index is 0.0218. The van der Waals surface area contributed by atoms with Crippen molar-refractivity contribution in [3.8, 4) is 0 Å². The van der Waals surface area contributed by atoms with E-state index in [1.807, 2.05) is 0 Å². The van der Waals surface area contributed by atoms with E-state index in [1.165, 1.54) is 12.3 Å². The summed E-state index contributed by atoms with van der Waals surface area (Å²) in [7, 11) is 0. The zero-order chi connectivity index (χ0) is 16.0. The molecule has 0 aromatic carbocycles. The molecule has 2 N–H and O–H groups in total. The number of amides is 2. The number of carbonyl (C=O) groups excluding carboxylic acids is 2. The third kappa shape index (κ3) is 9.18. The van der Waals surface area contributed by atoms with Crippen molar-refractivity contribution in [2.24, 2.45) is 0 Å². The first-order chi connectivity index (χ1) is 8.93. The van der Waals surface area contributed by atoms with E-state index in [1.54, 1.807) is 0 Å². The first kappa shape index (κ1) is 19.2. The van der Waals surface area contributed by atoms with Crippen molar-refractivity contribution in [1.29, 1.82) is 0 Å². The van der Waals surface area contributed by atoms with E-state index < -0.39 is 28.7 Å². The number of alkyl halides is 6. The maximum absolute atomic E-state index is 11.8. The fraction of sp³-hybridized carbons (Fsp3) is 0.750.